The van der Waals surface area contributed by atoms with E-state index in [0.717, 1.165) is 77.4 Å². The molecule has 6 heteroatoms. The van der Waals surface area contributed by atoms with Gasteiger partial charge in [0.15, 0.2) is 0 Å². The maximum Gasteiger partial charge on any atom is 0.303 e. The average Bonchev–Trinajstić information content (AvgIpc) is 2.52. The number of hydrogen-bond acceptors (Lipinski definition) is 5. The van der Waals surface area contributed by atoms with E-state index in [2.05, 4.69) is 9.79 Å². The predicted molar refractivity (Wildman–Crippen MR) is 90.5 cm³/mol. The molecule has 0 aliphatic rings. The van der Waals surface area contributed by atoms with Crippen LogP contribution >= 0.6 is 0 Å². The molecule has 0 amide bonds. The second-order valence-corrected chi connectivity index (χ2v) is 6.08. The summed E-state index contributed by atoms with van der Waals surface area (Å²) in [6.45, 7) is 3.39. The van der Waals surface area contributed by atoms with Gasteiger partial charge < -0.3 is 15.1 Å². The Bertz CT molecular complexity index is 263. The van der Waals surface area contributed by atoms with Crippen molar-refractivity contribution in [3.63, 3.8) is 0 Å². The molecule has 0 heterocycles. The Kier molecular flexibility index (Phi) is 17.1. The molecule has 0 rings (SSSR count). The highest BCUT2D eigenvalue weighted by Crippen LogP contribution is 2.08. The van der Waals surface area contributed by atoms with Crippen LogP contribution in [-0.2, 0) is 9.68 Å². The fourth-order valence-corrected chi connectivity index (χ4v) is 2.65. The van der Waals surface area contributed by atoms with Crippen molar-refractivity contribution in [3.05, 3.63) is 0 Å². The molecule has 0 saturated carbocycles. The first-order chi connectivity index (χ1) is 11.2. The second-order valence-electron chi connectivity index (χ2n) is 6.08. The van der Waals surface area contributed by atoms with Crippen molar-refractivity contribution in [2.45, 2.75) is 70.6 Å². The molecule has 0 aliphatic carbocycles. The van der Waals surface area contributed by atoms with Gasteiger partial charge in [-0.25, -0.2) is 4.89 Å². The molecular weight excluding hydrogens is 298 g/mol. The molecule has 23 heavy (non-hydrogen) atoms. The second kappa shape index (κ2) is 17.7. The number of carboxylic acids is 1. The molecule has 6 nitrogen and oxygen atoms in total. The zero-order valence-corrected chi connectivity index (χ0v) is 14.4. The SMILES string of the molecule is O=C(O)CCCCCCCN(CCO)CCCCCCCOO. The van der Waals surface area contributed by atoms with Crippen LogP contribution in [0.5, 0.6) is 0 Å². The molecule has 0 aromatic heterocycles. The van der Waals surface area contributed by atoms with Crippen molar-refractivity contribution in [2.75, 3.05) is 32.8 Å². The molecule has 3 N–H and O–H groups in total. The summed E-state index contributed by atoms with van der Waals surface area (Å²) >= 11 is 0. The average molecular weight is 333 g/mol. The van der Waals surface area contributed by atoms with Gasteiger partial charge in [-0.05, 0) is 38.8 Å². The fraction of sp³-hybridized carbons (Fsp3) is 0.941. The lowest BCUT2D eigenvalue weighted by Crippen LogP contribution is -2.29. The summed E-state index contributed by atoms with van der Waals surface area (Å²) in [7, 11) is 0. The Morgan fingerprint density at radius 1 is 0.783 bits per heavy atom. The molecule has 138 valence electrons. The molecule has 0 aromatic carbocycles. The summed E-state index contributed by atoms with van der Waals surface area (Å²) in [6, 6.07) is 0. The Labute approximate surface area is 140 Å². The van der Waals surface area contributed by atoms with Crippen molar-refractivity contribution in [3.8, 4) is 0 Å². The molecule has 0 fully saturated rings. The van der Waals surface area contributed by atoms with Gasteiger partial charge in [0.05, 0.1) is 13.2 Å². The van der Waals surface area contributed by atoms with Gasteiger partial charge in [-0.2, -0.15) is 0 Å². The highest BCUT2D eigenvalue weighted by Gasteiger charge is 2.04. The lowest BCUT2D eigenvalue weighted by Gasteiger charge is -2.21. The monoisotopic (exact) mass is 333 g/mol. The van der Waals surface area contributed by atoms with Crippen LogP contribution in [0.15, 0.2) is 0 Å². The third-order valence-electron chi connectivity index (χ3n) is 3.99. The van der Waals surface area contributed by atoms with Gasteiger partial charge in [0, 0.05) is 13.0 Å². The first-order valence-corrected chi connectivity index (χ1v) is 9.02. The first kappa shape index (κ1) is 22.3. The maximum absolute atomic E-state index is 10.4. The van der Waals surface area contributed by atoms with Gasteiger partial charge in [0.1, 0.15) is 0 Å². The molecule has 0 saturated heterocycles. The van der Waals surface area contributed by atoms with Crippen LogP contribution in [0.4, 0.5) is 0 Å². The van der Waals surface area contributed by atoms with Crippen molar-refractivity contribution in [1.82, 2.24) is 4.90 Å². The van der Waals surface area contributed by atoms with Crippen LogP contribution in [0.2, 0.25) is 0 Å². The molecule has 0 aromatic rings. The van der Waals surface area contributed by atoms with E-state index in [-0.39, 0.29) is 13.0 Å². The highest BCUT2D eigenvalue weighted by molar-refractivity contribution is 5.66. The summed E-state index contributed by atoms with van der Waals surface area (Å²) in [6.07, 6.45) is 10.8. The number of aliphatic carboxylic acids is 1. The van der Waals surface area contributed by atoms with E-state index < -0.39 is 5.97 Å². The zero-order valence-electron chi connectivity index (χ0n) is 14.4. The highest BCUT2D eigenvalue weighted by atomic mass is 17.1. The Hall–Kier alpha value is -0.690. The number of carbonyl (C=O) groups is 1. The van der Waals surface area contributed by atoms with E-state index in [4.69, 9.17) is 15.5 Å². The Morgan fingerprint density at radius 3 is 1.83 bits per heavy atom. The molecule has 0 unspecified atom stereocenters. The summed E-state index contributed by atoms with van der Waals surface area (Å²) in [5, 5.41) is 25.9. The van der Waals surface area contributed by atoms with E-state index in [1.165, 1.54) is 6.42 Å². The third-order valence-corrected chi connectivity index (χ3v) is 3.99. The number of aliphatic hydroxyl groups is 1. The van der Waals surface area contributed by atoms with Crippen molar-refractivity contribution in [2.24, 2.45) is 0 Å². The van der Waals surface area contributed by atoms with Crippen molar-refractivity contribution >= 4 is 5.97 Å². The van der Waals surface area contributed by atoms with Gasteiger partial charge in [0.25, 0.3) is 0 Å². The quantitative estimate of drug-likeness (QED) is 0.203. The van der Waals surface area contributed by atoms with Crippen LogP contribution in [0.1, 0.15) is 70.6 Å². The van der Waals surface area contributed by atoms with E-state index in [0.29, 0.717) is 6.61 Å². The van der Waals surface area contributed by atoms with Gasteiger partial charge >= 0.3 is 5.97 Å². The summed E-state index contributed by atoms with van der Waals surface area (Å²) in [5.41, 5.74) is 0. The Morgan fingerprint density at radius 2 is 1.30 bits per heavy atom. The molecule has 0 aliphatic heterocycles. The molecule has 0 atom stereocenters. The smallest absolute Gasteiger partial charge is 0.303 e. The minimum absolute atomic E-state index is 0.201. The van der Waals surface area contributed by atoms with Gasteiger partial charge in [0.2, 0.25) is 0 Å². The summed E-state index contributed by atoms with van der Waals surface area (Å²) in [4.78, 5) is 16.8. The van der Waals surface area contributed by atoms with Gasteiger partial charge in [-0.3, -0.25) is 10.1 Å². The van der Waals surface area contributed by atoms with E-state index in [1.54, 1.807) is 0 Å². The predicted octanol–water partition coefficient (Wildman–Crippen LogP) is 3.15. The minimum Gasteiger partial charge on any atom is -0.481 e. The first-order valence-electron chi connectivity index (χ1n) is 9.02. The molecular formula is C17H35NO5. The van der Waals surface area contributed by atoms with Gasteiger partial charge in [-0.1, -0.05) is 38.5 Å². The number of hydrogen-bond donors (Lipinski definition) is 3. The number of aliphatic hydroxyl groups excluding tert-OH is 1. The third kappa shape index (κ3) is 17.5. The normalized spacial score (nSPS) is 11.3. The molecule has 0 radical (unpaired) electrons. The summed E-state index contributed by atoms with van der Waals surface area (Å²) in [5.74, 6) is -0.706. The van der Waals surface area contributed by atoms with E-state index in [9.17, 15) is 4.79 Å². The number of rotatable bonds is 18. The Balaban J connectivity index is 3.48. The standard InChI is InChI=1S/C17H35NO5/c19-15-14-18(13-9-5-2-6-10-16-23-22)12-8-4-1-3-7-11-17(20)21/h19,22H,1-16H2,(H,20,21). The molecule has 0 spiro atoms. The number of nitrogens with zero attached hydrogens (tertiary/aromatic N) is 1. The van der Waals surface area contributed by atoms with Crippen LogP contribution in [-0.4, -0.2) is 59.2 Å². The zero-order chi connectivity index (χ0) is 17.2. The van der Waals surface area contributed by atoms with Crippen LogP contribution < -0.4 is 0 Å². The van der Waals surface area contributed by atoms with E-state index >= 15 is 0 Å². The van der Waals surface area contributed by atoms with Crippen molar-refractivity contribution < 1.29 is 25.2 Å². The van der Waals surface area contributed by atoms with Crippen LogP contribution in [0, 0.1) is 0 Å². The van der Waals surface area contributed by atoms with Crippen molar-refractivity contribution in [1.29, 1.82) is 0 Å². The van der Waals surface area contributed by atoms with Crippen LogP contribution in [0.3, 0.4) is 0 Å². The summed E-state index contributed by atoms with van der Waals surface area (Å²) < 4.78 is 0. The number of unbranched alkanes of at least 4 members (excludes halogenated alkanes) is 8. The largest absolute Gasteiger partial charge is 0.481 e. The maximum atomic E-state index is 10.4. The topological polar surface area (TPSA) is 90.2 Å². The van der Waals surface area contributed by atoms with E-state index in [1.807, 2.05) is 0 Å². The van der Waals surface area contributed by atoms with Gasteiger partial charge in [-0.15, -0.1) is 0 Å². The number of carboxylic acid groups (broad SMARTS) is 1. The van der Waals surface area contributed by atoms with Crippen LogP contribution in [0.25, 0.3) is 0 Å². The minimum atomic E-state index is -0.706. The lowest BCUT2D eigenvalue weighted by molar-refractivity contribution is -0.242. The lowest BCUT2D eigenvalue weighted by atomic mass is 10.1. The fourth-order valence-electron chi connectivity index (χ4n) is 2.65. The molecule has 0 bridgehead atoms.